The van der Waals surface area contributed by atoms with Gasteiger partial charge in [0.1, 0.15) is 11.5 Å². The Morgan fingerprint density at radius 3 is 2.56 bits per heavy atom. The van der Waals surface area contributed by atoms with E-state index in [0.29, 0.717) is 16.0 Å². The van der Waals surface area contributed by atoms with Crippen LogP contribution in [0.1, 0.15) is 11.1 Å². The number of hydrogen-bond donors (Lipinski definition) is 1. The first kappa shape index (κ1) is 20.4. The van der Waals surface area contributed by atoms with Gasteiger partial charge in [0, 0.05) is 0 Å². The number of benzene rings is 2. The highest BCUT2D eigenvalue weighted by Crippen LogP contribution is 2.25. The molecule has 1 amide bonds. The fraction of sp³-hybridized carbons (Fsp3) is 0.211. The van der Waals surface area contributed by atoms with Crippen molar-refractivity contribution in [2.45, 2.75) is 6.92 Å². The lowest BCUT2D eigenvalue weighted by Gasteiger charge is -2.08. The lowest BCUT2D eigenvalue weighted by atomic mass is 10.2. The molecule has 0 unspecified atom stereocenters. The number of halogens is 1. The first-order valence-corrected chi connectivity index (χ1v) is 8.78. The van der Waals surface area contributed by atoms with Crippen molar-refractivity contribution in [3.05, 3.63) is 58.1 Å². The number of aryl methyl sites for hydroxylation is 1. The molecule has 27 heavy (non-hydrogen) atoms. The van der Waals surface area contributed by atoms with Gasteiger partial charge in [-0.05, 0) is 58.2 Å². The van der Waals surface area contributed by atoms with Crippen molar-refractivity contribution in [2.24, 2.45) is 5.10 Å². The standard InChI is InChI=1S/C19H19BrN2O5/c1-13-5-3-4-6-16(13)26-11-18(23)22-21-10-14-7-8-17(15(20)9-14)27-12-19(24)25-2/h3-10H,11-12H2,1-2H3,(H,22,23)/b21-10+. The molecule has 142 valence electrons. The van der Waals surface area contributed by atoms with Crippen molar-refractivity contribution < 1.29 is 23.8 Å². The minimum atomic E-state index is -0.469. The van der Waals surface area contributed by atoms with Crippen molar-refractivity contribution >= 4 is 34.0 Å². The van der Waals surface area contributed by atoms with Gasteiger partial charge in [0.25, 0.3) is 5.91 Å². The Morgan fingerprint density at radius 2 is 1.85 bits per heavy atom. The molecule has 2 aromatic rings. The molecule has 1 N–H and O–H groups in total. The SMILES string of the molecule is COC(=O)COc1ccc(/C=N/NC(=O)COc2ccccc2C)cc1Br. The molecule has 0 spiro atoms. The molecule has 0 radical (unpaired) electrons. The first-order valence-electron chi connectivity index (χ1n) is 7.99. The highest BCUT2D eigenvalue weighted by Gasteiger charge is 2.06. The zero-order valence-corrected chi connectivity index (χ0v) is 16.5. The number of rotatable bonds is 8. The highest BCUT2D eigenvalue weighted by atomic mass is 79.9. The Kier molecular flexibility index (Phi) is 7.81. The summed E-state index contributed by atoms with van der Waals surface area (Å²) >= 11 is 3.35. The molecule has 0 aliphatic carbocycles. The van der Waals surface area contributed by atoms with Crippen LogP contribution in [0.25, 0.3) is 0 Å². The van der Waals surface area contributed by atoms with E-state index in [9.17, 15) is 9.59 Å². The Morgan fingerprint density at radius 1 is 1.11 bits per heavy atom. The Labute approximate surface area is 165 Å². The minimum Gasteiger partial charge on any atom is -0.483 e. The third kappa shape index (κ3) is 6.74. The molecule has 0 fully saturated rings. The van der Waals surface area contributed by atoms with Gasteiger partial charge in [0.05, 0.1) is 17.8 Å². The van der Waals surface area contributed by atoms with E-state index in [4.69, 9.17) is 9.47 Å². The van der Waals surface area contributed by atoms with Gasteiger partial charge in [-0.15, -0.1) is 0 Å². The maximum Gasteiger partial charge on any atom is 0.343 e. The summed E-state index contributed by atoms with van der Waals surface area (Å²) < 4.78 is 15.9. The van der Waals surface area contributed by atoms with Crippen LogP contribution in [0.4, 0.5) is 0 Å². The van der Waals surface area contributed by atoms with Gasteiger partial charge >= 0.3 is 5.97 Å². The lowest BCUT2D eigenvalue weighted by Crippen LogP contribution is -2.24. The predicted octanol–water partition coefficient (Wildman–Crippen LogP) is 2.84. The molecule has 0 atom stereocenters. The summed E-state index contributed by atoms with van der Waals surface area (Å²) in [5.74, 6) is 0.311. The molecule has 0 bridgehead atoms. The van der Waals surface area contributed by atoms with Crippen molar-refractivity contribution in [1.82, 2.24) is 5.43 Å². The van der Waals surface area contributed by atoms with Crippen LogP contribution in [0.3, 0.4) is 0 Å². The molecule has 0 aliphatic heterocycles. The zero-order valence-electron chi connectivity index (χ0n) is 14.9. The summed E-state index contributed by atoms with van der Waals surface area (Å²) in [5, 5.41) is 3.89. The Hall–Kier alpha value is -2.87. The van der Waals surface area contributed by atoms with E-state index >= 15 is 0 Å². The first-order chi connectivity index (χ1) is 13.0. The normalized spacial score (nSPS) is 10.5. The molecule has 7 nitrogen and oxygen atoms in total. The number of carbonyl (C=O) groups excluding carboxylic acids is 2. The van der Waals surface area contributed by atoms with Gasteiger partial charge in [0.15, 0.2) is 13.2 Å². The number of esters is 1. The summed E-state index contributed by atoms with van der Waals surface area (Å²) in [7, 11) is 1.29. The summed E-state index contributed by atoms with van der Waals surface area (Å²) in [4.78, 5) is 22.9. The van der Waals surface area contributed by atoms with E-state index in [1.807, 2.05) is 25.1 Å². The molecule has 2 rings (SSSR count). The second-order valence-electron chi connectivity index (χ2n) is 5.40. The number of ether oxygens (including phenoxy) is 3. The highest BCUT2D eigenvalue weighted by molar-refractivity contribution is 9.10. The topological polar surface area (TPSA) is 86.2 Å². The number of para-hydroxylation sites is 1. The van der Waals surface area contributed by atoms with Gasteiger partial charge in [-0.2, -0.15) is 5.10 Å². The maximum absolute atomic E-state index is 11.8. The third-order valence-electron chi connectivity index (χ3n) is 3.38. The molecule has 8 heteroatoms. The van der Waals surface area contributed by atoms with Crippen molar-refractivity contribution in [3.8, 4) is 11.5 Å². The van der Waals surface area contributed by atoms with Gasteiger partial charge < -0.3 is 14.2 Å². The number of nitrogens with zero attached hydrogens (tertiary/aromatic N) is 1. The van der Waals surface area contributed by atoms with E-state index in [1.165, 1.54) is 13.3 Å². The number of methoxy groups -OCH3 is 1. The Bertz CT molecular complexity index is 839. The van der Waals surface area contributed by atoms with E-state index in [2.05, 4.69) is 31.2 Å². The van der Waals surface area contributed by atoms with E-state index in [-0.39, 0.29) is 19.1 Å². The molecule has 0 aromatic heterocycles. The zero-order chi connectivity index (χ0) is 19.6. The summed E-state index contributed by atoms with van der Waals surface area (Å²) in [5.41, 5.74) is 4.08. The molecule has 0 heterocycles. The predicted molar refractivity (Wildman–Crippen MR) is 104 cm³/mol. The second kappa shape index (κ2) is 10.3. The van der Waals surface area contributed by atoms with Crippen molar-refractivity contribution in [2.75, 3.05) is 20.3 Å². The van der Waals surface area contributed by atoms with Crippen LogP contribution in [0, 0.1) is 6.92 Å². The molecule has 0 aliphatic rings. The monoisotopic (exact) mass is 434 g/mol. The fourth-order valence-electron chi connectivity index (χ4n) is 1.98. The number of carbonyl (C=O) groups is 2. The maximum atomic E-state index is 11.8. The summed E-state index contributed by atoms with van der Waals surface area (Å²) in [6.07, 6.45) is 1.49. The number of hydrazone groups is 1. The molecular weight excluding hydrogens is 416 g/mol. The number of hydrogen-bond acceptors (Lipinski definition) is 6. The lowest BCUT2D eigenvalue weighted by molar-refractivity contribution is -0.142. The Balaban J connectivity index is 1.83. The molecule has 2 aromatic carbocycles. The van der Waals surface area contributed by atoms with Crippen LogP contribution < -0.4 is 14.9 Å². The molecule has 0 saturated heterocycles. The number of amides is 1. The summed E-state index contributed by atoms with van der Waals surface area (Å²) in [6.45, 7) is 1.59. The molecule has 0 saturated carbocycles. The number of nitrogens with one attached hydrogen (secondary N) is 1. The van der Waals surface area contributed by atoms with E-state index < -0.39 is 5.97 Å². The van der Waals surface area contributed by atoms with Crippen LogP contribution in [0.2, 0.25) is 0 Å². The van der Waals surface area contributed by atoms with Crippen LogP contribution in [-0.2, 0) is 14.3 Å². The molecular formula is C19H19BrN2O5. The van der Waals surface area contributed by atoms with Gasteiger partial charge in [-0.1, -0.05) is 18.2 Å². The smallest absolute Gasteiger partial charge is 0.343 e. The van der Waals surface area contributed by atoms with Crippen LogP contribution in [-0.4, -0.2) is 38.4 Å². The van der Waals surface area contributed by atoms with Crippen molar-refractivity contribution in [1.29, 1.82) is 0 Å². The van der Waals surface area contributed by atoms with Crippen LogP contribution >= 0.6 is 15.9 Å². The van der Waals surface area contributed by atoms with Crippen LogP contribution in [0.5, 0.6) is 11.5 Å². The van der Waals surface area contributed by atoms with Gasteiger partial charge in [-0.25, -0.2) is 10.2 Å². The second-order valence-corrected chi connectivity index (χ2v) is 6.26. The minimum absolute atomic E-state index is 0.133. The summed E-state index contributed by atoms with van der Waals surface area (Å²) in [6, 6.07) is 12.6. The van der Waals surface area contributed by atoms with Crippen molar-refractivity contribution in [3.63, 3.8) is 0 Å². The quantitative estimate of drug-likeness (QED) is 0.392. The van der Waals surface area contributed by atoms with E-state index in [0.717, 1.165) is 11.1 Å². The third-order valence-corrected chi connectivity index (χ3v) is 4.00. The average Bonchev–Trinajstić information content (AvgIpc) is 2.66. The van der Waals surface area contributed by atoms with Gasteiger partial charge in [-0.3, -0.25) is 4.79 Å². The fourth-order valence-corrected chi connectivity index (χ4v) is 2.49. The van der Waals surface area contributed by atoms with E-state index in [1.54, 1.807) is 24.3 Å². The van der Waals surface area contributed by atoms with Gasteiger partial charge in [0.2, 0.25) is 0 Å². The van der Waals surface area contributed by atoms with Crippen LogP contribution in [0.15, 0.2) is 52.0 Å². The average molecular weight is 435 g/mol. The largest absolute Gasteiger partial charge is 0.483 e.